The van der Waals surface area contributed by atoms with E-state index >= 15 is 0 Å². The van der Waals surface area contributed by atoms with Crippen molar-refractivity contribution in [3.8, 4) is 0 Å². The summed E-state index contributed by atoms with van der Waals surface area (Å²) in [6.45, 7) is -0.0510. The summed E-state index contributed by atoms with van der Waals surface area (Å²) in [7, 11) is -4.47. The molecule has 3 aromatic carbocycles. The Bertz CT molecular complexity index is 1490. The first-order valence-corrected chi connectivity index (χ1v) is 11.6. The van der Waals surface area contributed by atoms with E-state index in [-0.39, 0.29) is 18.9 Å². The topological polar surface area (TPSA) is 83.6 Å². The average Bonchev–Trinajstić information content (AvgIpc) is 3.11. The highest BCUT2D eigenvalue weighted by molar-refractivity contribution is 7.90. The van der Waals surface area contributed by atoms with Gasteiger partial charge in [-0.2, -0.15) is 0 Å². The van der Waals surface area contributed by atoms with E-state index in [0.29, 0.717) is 34.5 Å². The van der Waals surface area contributed by atoms with Gasteiger partial charge in [0, 0.05) is 6.08 Å². The van der Waals surface area contributed by atoms with Gasteiger partial charge in [0.15, 0.2) is 23.3 Å². The van der Waals surface area contributed by atoms with Crippen LogP contribution in [0.15, 0.2) is 65.6 Å². The molecule has 1 aliphatic rings. The van der Waals surface area contributed by atoms with Gasteiger partial charge in [-0.1, -0.05) is 24.3 Å². The number of amides is 2. The first-order valence-electron chi connectivity index (χ1n) is 10.1. The summed E-state index contributed by atoms with van der Waals surface area (Å²) < 4.78 is 79.6. The number of hydrogen-bond donors (Lipinski definition) is 1. The zero-order valence-corrected chi connectivity index (χ0v) is 18.6. The second-order valence-electron chi connectivity index (χ2n) is 7.64. The predicted molar refractivity (Wildman–Crippen MR) is 118 cm³/mol. The Kier molecular flexibility index (Phi) is 6.44. The number of para-hydroxylation sites is 1. The lowest BCUT2D eigenvalue weighted by molar-refractivity contribution is -0.117. The van der Waals surface area contributed by atoms with Gasteiger partial charge in [-0.3, -0.25) is 9.59 Å². The Morgan fingerprint density at radius 2 is 1.63 bits per heavy atom. The zero-order chi connectivity index (χ0) is 25.3. The molecule has 0 saturated carbocycles. The lowest BCUT2D eigenvalue weighted by Gasteiger charge is -2.20. The molecule has 0 aliphatic carbocycles. The van der Waals surface area contributed by atoms with E-state index in [4.69, 9.17) is 0 Å². The number of hydrogen-bond acceptors (Lipinski definition) is 4. The number of sulfonamides is 1. The van der Waals surface area contributed by atoms with Crippen LogP contribution in [0, 0.1) is 23.3 Å². The van der Waals surface area contributed by atoms with Crippen LogP contribution < -0.4 is 9.62 Å². The van der Waals surface area contributed by atoms with E-state index < -0.39 is 44.1 Å². The van der Waals surface area contributed by atoms with Crippen LogP contribution in [0.1, 0.15) is 16.7 Å². The van der Waals surface area contributed by atoms with Gasteiger partial charge in [0.25, 0.3) is 15.9 Å². The van der Waals surface area contributed by atoms with Crippen molar-refractivity contribution >= 4 is 33.6 Å². The number of anilines is 1. The highest BCUT2D eigenvalue weighted by Gasteiger charge is 2.29. The number of halogens is 4. The quantitative estimate of drug-likeness (QED) is 0.409. The molecular weight excluding hydrogens is 488 g/mol. The van der Waals surface area contributed by atoms with Crippen molar-refractivity contribution in [1.29, 1.82) is 0 Å². The Labute approximate surface area is 197 Å². The number of fused-ring (bicyclic) bond motifs is 1. The summed E-state index contributed by atoms with van der Waals surface area (Å²) in [4.78, 5) is 25.6. The van der Waals surface area contributed by atoms with Crippen LogP contribution in [0.5, 0.6) is 0 Å². The zero-order valence-electron chi connectivity index (χ0n) is 17.8. The number of nitrogens with zero attached hydrogens (tertiary/aromatic N) is 1. The SMILES string of the molecule is O=C(/C=C/c1cccc2c1N(Cc1ccc(F)c(F)c1)C(=O)C2)NS(=O)(=O)c1ccc(F)c(F)c1. The third-order valence-electron chi connectivity index (χ3n) is 5.24. The second-order valence-corrected chi connectivity index (χ2v) is 9.32. The van der Waals surface area contributed by atoms with Crippen LogP contribution in [0.4, 0.5) is 23.2 Å². The second kappa shape index (κ2) is 9.34. The maximum Gasteiger partial charge on any atom is 0.264 e. The standard InChI is InChI=1S/C24H16F4N2O4S/c25-18-7-4-14(10-20(18)27)13-30-23(32)11-16-3-1-2-15(24(16)30)5-9-22(31)29-35(33,34)17-6-8-19(26)21(28)12-17/h1-10,12H,11,13H2,(H,29,31)/b9-5+. The summed E-state index contributed by atoms with van der Waals surface area (Å²) in [6, 6.07) is 10.1. The van der Waals surface area contributed by atoms with E-state index in [1.165, 1.54) is 17.0 Å². The molecule has 0 spiro atoms. The van der Waals surface area contributed by atoms with Gasteiger partial charge < -0.3 is 4.90 Å². The van der Waals surface area contributed by atoms with Crippen LogP contribution in [-0.4, -0.2) is 20.2 Å². The third-order valence-corrected chi connectivity index (χ3v) is 6.58. The largest absolute Gasteiger partial charge is 0.307 e. The van der Waals surface area contributed by atoms with E-state index in [1.807, 2.05) is 0 Å². The van der Waals surface area contributed by atoms with Crippen molar-refractivity contribution in [2.45, 2.75) is 17.9 Å². The van der Waals surface area contributed by atoms with Gasteiger partial charge in [0.05, 0.1) is 23.5 Å². The van der Waals surface area contributed by atoms with Crippen molar-refractivity contribution in [3.63, 3.8) is 0 Å². The Morgan fingerprint density at radius 3 is 2.31 bits per heavy atom. The molecule has 11 heteroatoms. The maximum atomic E-state index is 13.6. The first-order chi connectivity index (χ1) is 16.5. The van der Waals surface area contributed by atoms with E-state index in [9.17, 15) is 35.6 Å². The van der Waals surface area contributed by atoms with E-state index in [0.717, 1.165) is 24.3 Å². The first kappa shape index (κ1) is 24.1. The number of carbonyl (C=O) groups excluding carboxylic acids is 2. The molecule has 4 rings (SSSR count). The summed E-state index contributed by atoms with van der Waals surface area (Å²) in [5.41, 5.74) is 1.82. The van der Waals surface area contributed by atoms with Crippen molar-refractivity contribution in [1.82, 2.24) is 4.72 Å². The smallest absolute Gasteiger partial charge is 0.264 e. The molecular formula is C24H16F4N2O4S. The molecule has 0 unspecified atom stereocenters. The van der Waals surface area contributed by atoms with E-state index in [1.54, 1.807) is 22.9 Å². The summed E-state index contributed by atoms with van der Waals surface area (Å²) in [5.74, 6) is -6.06. The fourth-order valence-electron chi connectivity index (χ4n) is 3.62. The van der Waals surface area contributed by atoms with Crippen molar-refractivity contribution in [2.75, 3.05) is 4.90 Å². The number of rotatable bonds is 6. The minimum atomic E-state index is -4.47. The monoisotopic (exact) mass is 504 g/mol. The van der Waals surface area contributed by atoms with Gasteiger partial charge in [-0.15, -0.1) is 0 Å². The lowest BCUT2D eigenvalue weighted by atomic mass is 10.1. The van der Waals surface area contributed by atoms with Crippen LogP contribution in [0.2, 0.25) is 0 Å². The van der Waals surface area contributed by atoms with Crippen LogP contribution in [0.3, 0.4) is 0 Å². The van der Waals surface area contributed by atoms with E-state index in [2.05, 4.69) is 0 Å². The minimum Gasteiger partial charge on any atom is -0.307 e. The fraction of sp³-hybridized carbons (Fsp3) is 0.0833. The van der Waals surface area contributed by atoms with Gasteiger partial charge in [0.2, 0.25) is 5.91 Å². The summed E-state index contributed by atoms with van der Waals surface area (Å²) in [6.07, 6.45) is 2.24. The molecule has 0 bridgehead atoms. The maximum absolute atomic E-state index is 13.6. The molecule has 1 N–H and O–H groups in total. The molecule has 2 amide bonds. The summed E-state index contributed by atoms with van der Waals surface area (Å²) >= 11 is 0. The van der Waals surface area contributed by atoms with Crippen LogP contribution >= 0.6 is 0 Å². The molecule has 0 fully saturated rings. The Balaban J connectivity index is 1.56. The lowest BCUT2D eigenvalue weighted by Crippen LogP contribution is -2.29. The molecule has 0 saturated heterocycles. The van der Waals surface area contributed by atoms with Gasteiger partial charge in [0.1, 0.15) is 0 Å². The van der Waals surface area contributed by atoms with Crippen molar-refractivity contribution < 1.29 is 35.6 Å². The third kappa shape index (κ3) is 5.09. The summed E-state index contributed by atoms with van der Waals surface area (Å²) in [5, 5.41) is 0. The molecule has 1 aliphatic heterocycles. The van der Waals surface area contributed by atoms with Gasteiger partial charge in [-0.05, 0) is 53.1 Å². The molecule has 35 heavy (non-hydrogen) atoms. The number of benzene rings is 3. The number of carbonyl (C=O) groups is 2. The Morgan fingerprint density at radius 1 is 0.943 bits per heavy atom. The molecule has 0 atom stereocenters. The normalized spacial score (nSPS) is 13.4. The molecule has 6 nitrogen and oxygen atoms in total. The minimum absolute atomic E-state index is 0.0510. The number of nitrogens with one attached hydrogen (secondary N) is 1. The molecule has 3 aromatic rings. The average molecular weight is 504 g/mol. The van der Waals surface area contributed by atoms with Gasteiger partial charge in [-0.25, -0.2) is 30.7 Å². The van der Waals surface area contributed by atoms with Gasteiger partial charge >= 0.3 is 0 Å². The molecule has 0 radical (unpaired) electrons. The fourth-order valence-corrected chi connectivity index (χ4v) is 4.58. The predicted octanol–water partition coefficient (Wildman–Crippen LogP) is 3.85. The highest BCUT2D eigenvalue weighted by Crippen LogP contribution is 2.34. The van der Waals surface area contributed by atoms with Crippen molar-refractivity contribution in [2.24, 2.45) is 0 Å². The van der Waals surface area contributed by atoms with Crippen LogP contribution in [0.25, 0.3) is 6.08 Å². The molecule has 1 heterocycles. The Hall–Kier alpha value is -3.99. The molecule has 180 valence electrons. The van der Waals surface area contributed by atoms with Crippen LogP contribution in [-0.2, 0) is 32.6 Å². The highest BCUT2D eigenvalue weighted by atomic mass is 32.2. The molecule has 0 aromatic heterocycles. The van der Waals surface area contributed by atoms with Crippen molar-refractivity contribution in [3.05, 3.63) is 101 Å².